The number of nitrogens with zero attached hydrogens (tertiary/aromatic N) is 2. The molecule has 0 spiro atoms. The third-order valence-electron chi connectivity index (χ3n) is 2.73. The van der Waals surface area contributed by atoms with Gasteiger partial charge in [-0.2, -0.15) is 5.26 Å². The Kier molecular flexibility index (Phi) is 3.26. The van der Waals surface area contributed by atoms with E-state index in [9.17, 15) is 9.59 Å². The van der Waals surface area contributed by atoms with Crippen LogP contribution in [0.15, 0.2) is 18.2 Å². The molecule has 0 aromatic heterocycles. The number of carbonyl (C=O) groups is 2. The van der Waals surface area contributed by atoms with Gasteiger partial charge in [0.1, 0.15) is 0 Å². The van der Waals surface area contributed by atoms with Crippen molar-refractivity contribution in [1.82, 2.24) is 0 Å². The molecule has 0 saturated carbocycles. The van der Waals surface area contributed by atoms with Crippen molar-refractivity contribution >= 4 is 23.2 Å². The summed E-state index contributed by atoms with van der Waals surface area (Å²) in [7, 11) is 0. The lowest BCUT2D eigenvalue weighted by molar-refractivity contribution is -0.117. The van der Waals surface area contributed by atoms with Gasteiger partial charge >= 0.3 is 0 Å². The number of anilines is 2. The van der Waals surface area contributed by atoms with Gasteiger partial charge in [-0.15, -0.1) is 0 Å². The van der Waals surface area contributed by atoms with Crippen LogP contribution < -0.4 is 16.0 Å². The van der Waals surface area contributed by atoms with Crippen LogP contribution in [0.25, 0.3) is 0 Å². The molecule has 1 heterocycles. The molecule has 6 nitrogen and oxygen atoms in total. The van der Waals surface area contributed by atoms with Gasteiger partial charge in [0.15, 0.2) is 0 Å². The van der Waals surface area contributed by atoms with Gasteiger partial charge in [-0.25, -0.2) is 0 Å². The van der Waals surface area contributed by atoms with E-state index >= 15 is 0 Å². The zero-order chi connectivity index (χ0) is 13.1. The van der Waals surface area contributed by atoms with E-state index in [1.165, 1.54) is 4.90 Å². The maximum absolute atomic E-state index is 11.8. The summed E-state index contributed by atoms with van der Waals surface area (Å²) in [6.45, 7) is 0.133. The molecule has 0 fully saturated rings. The first kappa shape index (κ1) is 12.1. The number of fused-ring (bicyclic) bond motifs is 1. The Bertz CT molecular complexity index is 547. The predicted molar refractivity (Wildman–Crippen MR) is 65.8 cm³/mol. The maximum Gasteiger partial charge on any atom is 0.240 e. The van der Waals surface area contributed by atoms with Gasteiger partial charge in [-0.3, -0.25) is 9.59 Å². The van der Waals surface area contributed by atoms with E-state index in [4.69, 9.17) is 11.0 Å². The van der Waals surface area contributed by atoms with Gasteiger partial charge in [-0.1, -0.05) is 0 Å². The molecular formula is C12H12N4O2. The molecule has 92 valence electrons. The largest absolute Gasteiger partial charge is 0.324 e. The lowest BCUT2D eigenvalue weighted by atomic mass is 10.1. The van der Waals surface area contributed by atoms with Crippen LogP contribution in [0.3, 0.4) is 0 Å². The number of amides is 2. The lowest BCUT2D eigenvalue weighted by Crippen LogP contribution is -2.36. The highest BCUT2D eigenvalue weighted by Gasteiger charge is 2.23. The molecule has 18 heavy (non-hydrogen) atoms. The van der Waals surface area contributed by atoms with Crippen molar-refractivity contribution in [2.75, 3.05) is 23.3 Å². The number of rotatable bonds is 1. The summed E-state index contributed by atoms with van der Waals surface area (Å²) >= 11 is 0. The summed E-state index contributed by atoms with van der Waals surface area (Å²) in [5.41, 5.74) is 6.83. The molecule has 6 heteroatoms. The second-order valence-electron chi connectivity index (χ2n) is 3.89. The van der Waals surface area contributed by atoms with E-state index in [0.29, 0.717) is 16.9 Å². The Labute approximate surface area is 104 Å². The van der Waals surface area contributed by atoms with Crippen molar-refractivity contribution in [3.05, 3.63) is 23.8 Å². The molecule has 0 radical (unpaired) electrons. The van der Waals surface area contributed by atoms with Crippen molar-refractivity contribution < 1.29 is 9.59 Å². The van der Waals surface area contributed by atoms with E-state index in [0.717, 1.165) is 0 Å². The van der Waals surface area contributed by atoms with Crippen molar-refractivity contribution in [3.63, 3.8) is 0 Å². The van der Waals surface area contributed by atoms with Crippen molar-refractivity contribution in [2.45, 2.75) is 6.42 Å². The normalized spacial score (nSPS) is 14.2. The fourth-order valence-electron chi connectivity index (χ4n) is 1.85. The highest BCUT2D eigenvalue weighted by atomic mass is 16.2. The standard InChI is InChI=1S/C12H12N4O2/c13-6-8-1-2-9-10(5-8)16(12(18)7-14)4-3-11(17)15-9/h1-2,5H,3-4,7,14H2,(H,15,17). The van der Waals surface area contributed by atoms with Gasteiger partial charge in [0.05, 0.1) is 29.6 Å². The Morgan fingerprint density at radius 3 is 3.00 bits per heavy atom. The Hall–Kier alpha value is -2.39. The fraction of sp³-hybridized carbons (Fsp3) is 0.250. The minimum atomic E-state index is -0.275. The summed E-state index contributed by atoms with van der Waals surface area (Å²) in [6.07, 6.45) is 0.211. The van der Waals surface area contributed by atoms with Crippen LogP contribution in [0.1, 0.15) is 12.0 Å². The SMILES string of the molecule is N#Cc1ccc2c(c1)N(C(=O)CN)CCC(=O)N2. The summed E-state index contributed by atoms with van der Waals surface area (Å²) in [4.78, 5) is 24.7. The zero-order valence-electron chi connectivity index (χ0n) is 9.64. The van der Waals surface area contributed by atoms with Crippen LogP contribution in [0.4, 0.5) is 11.4 Å². The van der Waals surface area contributed by atoms with E-state index in [2.05, 4.69) is 5.32 Å². The molecule has 1 aromatic rings. The topological polar surface area (TPSA) is 99.2 Å². The summed E-state index contributed by atoms with van der Waals surface area (Å²) in [5.74, 6) is -0.434. The van der Waals surface area contributed by atoms with Crippen molar-refractivity contribution in [1.29, 1.82) is 5.26 Å². The van der Waals surface area contributed by atoms with Crippen LogP contribution in [-0.4, -0.2) is 24.9 Å². The number of nitrogens with two attached hydrogens (primary N) is 1. The Balaban J connectivity index is 2.51. The highest BCUT2D eigenvalue weighted by Crippen LogP contribution is 2.29. The second kappa shape index (κ2) is 4.85. The number of hydrogen-bond acceptors (Lipinski definition) is 4. The number of nitrogens with one attached hydrogen (secondary N) is 1. The van der Waals surface area contributed by atoms with Crippen molar-refractivity contribution in [3.8, 4) is 6.07 Å². The first-order valence-electron chi connectivity index (χ1n) is 5.50. The molecule has 0 bridgehead atoms. The molecule has 3 N–H and O–H groups in total. The van der Waals surface area contributed by atoms with Gasteiger partial charge in [0.25, 0.3) is 0 Å². The molecule has 2 rings (SSSR count). The van der Waals surface area contributed by atoms with E-state index < -0.39 is 0 Å². The average molecular weight is 244 g/mol. The Morgan fingerprint density at radius 2 is 2.33 bits per heavy atom. The van der Waals surface area contributed by atoms with Gasteiger partial charge in [0, 0.05) is 13.0 Å². The van der Waals surface area contributed by atoms with Crippen LogP contribution >= 0.6 is 0 Å². The van der Waals surface area contributed by atoms with Gasteiger partial charge in [0.2, 0.25) is 11.8 Å². The minimum absolute atomic E-state index is 0.135. The first-order chi connectivity index (χ1) is 8.65. The van der Waals surface area contributed by atoms with Crippen LogP contribution in [0, 0.1) is 11.3 Å². The molecule has 0 aliphatic carbocycles. The van der Waals surface area contributed by atoms with Gasteiger partial charge in [-0.05, 0) is 18.2 Å². The van der Waals surface area contributed by atoms with E-state index in [1.54, 1.807) is 18.2 Å². The lowest BCUT2D eigenvalue weighted by Gasteiger charge is -2.21. The molecule has 2 amide bonds. The molecular weight excluding hydrogens is 232 g/mol. The zero-order valence-corrected chi connectivity index (χ0v) is 9.64. The smallest absolute Gasteiger partial charge is 0.240 e. The molecule has 1 aliphatic rings. The van der Waals surface area contributed by atoms with Gasteiger partial charge < -0.3 is 16.0 Å². The monoisotopic (exact) mass is 244 g/mol. The molecule has 0 atom stereocenters. The maximum atomic E-state index is 11.8. The number of carbonyl (C=O) groups excluding carboxylic acids is 2. The first-order valence-corrected chi connectivity index (χ1v) is 5.50. The van der Waals surface area contributed by atoms with Crippen molar-refractivity contribution in [2.24, 2.45) is 5.73 Å². The molecule has 1 aromatic carbocycles. The minimum Gasteiger partial charge on any atom is -0.324 e. The molecule has 0 unspecified atom stereocenters. The third-order valence-corrected chi connectivity index (χ3v) is 2.73. The molecule has 0 saturated heterocycles. The van der Waals surface area contributed by atoms with Crippen LogP contribution in [0.2, 0.25) is 0 Å². The second-order valence-corrected chi connectivity index (χ2v) is 3.89. The predicted octanol–water partition coefficient (Wildman–Crippen LogP) is 0.192. The van der Waals surface area contributed by atoms with Crippen LogP contribution in [0.5, 0.6) is 0 Å². The van der Waals surface area contributed by atoms with Crippen LogP contribution in [-0.2, 0) is 9.59 Å². The summed E-state index contributed by atoms with van der Waals surface area (Å²) in [6, 6.07) is 6.79. The third kappa shape index (κ3) is 2.17. The van der Waals surface area contributed by atoms with E-state index in [1.807, 2.05) is 6.07 Å². The summed E-state index contributed by atoms with van der Waals surface area (Å²) in [5, 5.41) is 11.6. The Morgan fingerprint density at radius 1 is 1.56 bits per heavy atom. The number of nitriles is 1. The number of hydrogen-bond donors (Lipinski definition) is 2. The fourth-order valence-corrected chi connectivity index (χ4v) is 1.85. The number of benzene rings is 1. The average Bonchev–Trinajstić information content (AvgIpc) is 2.55. The summed E-state index contributed by atoms with van der Waals surface area (Å²) < 4.78 is 0. The van der Waals surface area contributed by atoms with E-state index in [-0.39, 0.29) is 31.3 Å². The molecule has 1 aliphatic heterocycles. The quantitative estimate of drug-likeness (QED) is 0.736. The highest BCUT2D eigenvalue weighted by molar-refractivity contribution is 6.04.